The van der Waals surface area contributed by atoms with E-state index in [-0.39, 0.29) is 36.5 Å². The van der Waals surface area contributed by atoms with Crippen molar-refractivity contribution in [3.8, 4) is 11.6 Å². The standard InChI is InChI=1S/C23H20FN3O3/c1-15-4-9-20-19(13-15)27(23(29)18-3-2-11-25-22(18)30-20)12-10-21(28)26-14-16-5-7-17(24)8-6-16/h2-9,11,13H,10,12,14H2,1H3,(H,26,28). The van der Waals surface area contributed by atoms with Crippen LogP contribution in [0.2, 0.25) is 0 Å². The lowest BCUT2D eigenvalue weighted by molar-refractivity contribution is -0.121. The van der Waals surface area contributed by atoms with Gasteiger partial charge < -0.3 is 15.0 Å². The van der Waals surface area contributed by atoms with Crippen molar-refractivity contribution >= 4 is 17.5 Å². The van der Waals surface area contributed by atoms with E-state index in [1.165, 1.54) is 12.1 Å². The lowest BCUT2D eigenvalue weighted by Gasteiger charge is -2.22. The number of nitrogens with zero attached hydrogens (tertiary/aromatic N) is 2. The molecule has 2 amide bonds. The van der Waals surface area contributed by atoms with Gasteiger partial charge in [-0.25, -0.2) is 9.37 Å². The summed E-state index contributed by atoms with van der Waals surface area (Å²) in [6.45, 7) is 2.40. The van der Waals surface area contributed by atoms with E-state index in [0.29, 0.717) is 23.5 Å². The smallest absolute Gasteiger partial charge is 0.263 e. The molecule has 0 atom stereocenters. The van der Waals surface area contributed by atoms with Crippen molar-refractivity contribution in [3.05, 3.63) is 83.3 Å². The first-order valence-electron chi connectivity index (χ1n) is 9.58. The molecule has 0 spiro atoms. The van der Waals surface area contributed by atoms with E-state index in [1.54, 1.807) is 41.4 Å². The largest absolute Gasteiger partial charge is 0.436 e. The number of hydrogen-bond acceptors (Lipinski definition) is 4. The number of pyridine rings is 1. The molecule has 152 valence electrons. The molecule has 3 aromatic rings. The van der Waals surface area contributed by atoms with Gasteiger partial charge in [0.1, 0.15) is 11.4 Å². The fourth-order valence-corrected chi connectivity index (χ4v) is 3.25. The van der Waals surface area contributed by atoms with E-state index in [0.717, 1.165) is 11.1 Å². The lowest BCUT2D eigenvalue weighted by atomic mass is 10.1. The topological polar surface area (TPSA) is 71.5 Å². The fourth-order valence-electron chi connectivity index (χ4n) is 3.25. The first-order chi connectivity index (χ1) is 14.5. The van der Waals surface area contributed by atoms with Crippen LogP contribution >= 0.6 is 0 Å². The Balaban J connectivity index is 1.50. The van der Waals surface area contributed by atoms with E-state index in [2.05, 4.69) is 10.3 Å². The second-order valence-corrected chi connectivity index (χ2v) is 7.04. The number of hydrogen-bond donors (Lipinski definition) is 1. The number of benzene rings is 2. The van der Waals surface area contributed by atoms with E-state index >= 15 is 0 Å². The van der Waals surface area contributed by atoms with Gasteiger partial charge in [0.25, 0.3) is 5.91 Å². The van der Waals surface area contributed by atoms with E-state index < -0.39 is 0 Å². The highest BCUT2D eigenvalue weighted by Crippen LogP contribution is 2.38. The van der Waals surface area contributed by atoms with Crippen LogP contribution in [-0.2, 0) is 11.3 Å². The maximum absolute atomic E-state index is 13.2. The first-order valence-corrected chi connectivity index (χ1v) is 9.58. The number of nitrogens with one attached hydrogen (secondary N) is 1. The van der Waals surface area contributed by atoms with Crippen LogP contribution < -0.4 is 15.0 Å². The zero-order valence-corrected chi connectivity index (χ0v) is 16.4. The van der Waals surface area contributed by atoms with E-state index in [9.17, 15) is 14.0 Å². The van der Waals surface area contributed by atoms with E-state index in [1.807, 2.05) is 19.1 Å². The van der Waals surface area contributed by atoms with Gasteiger partial charge in [0.2, 0.25) is 11.8 Å². The van der Waals surface area contributed by atoms with Crippen LogP contribution in [0.3, 0.4) is 0 Å². The number of fused-ring (bicyclic) bond motifs is 2. The van der Waals surface area contributed by atoms with Crippen LogP contribution in [0.15, 0.2) is 60.8 Å². The van der Waals surface area contributed by atoms with Crippen molar-refractivity contribution in [3.63, 3.8) is 0 Å². The number of carbonyl (C=O) groups excluding carboxylic acids is 2. The molecule has 7 heteroatoms. The monoisotopic (exact) mass is 405 g/mol. The fraction of sp³-hybridized carbons (Fsp3) is 0.174. The van der Waals surface area contributed by atoms with Crippen molar-refractivity contribution in [1.82, 2.24) is 10.3 Å². The van der Waals surface area contributed by atoms with Crippen LogP contribution in [0, 0.1) is 12.7 Å². The van der Waals surface area contributed by atoms with Gasteiger partial charge in [-0.05, 0) is 54.4 Å². The number of aromatic nitrogens is 1. The average Bonchev–Trinajstić information content (AvgIpc) is 2.86. The number of aryl methyl sites for hydroxylation is 1. The van der Waals surface area contributed by atoms with Crippen LogP contribution in [0.5, 0.6) is 11.6 Å². The first kappa shape index (κ1) is 19.6. The second-order valence-electron chi connectivity index (χ2n) is 7.04. The molecule has 6 nitrogen and oxygen atoms in total. The summed E-state index contributed by atoms with van der Waals surface area (Å²) in [7, 11) is 0. The highest BCUT2D eigenvalue weighted by Gasteiger charge is 2.29. The highest BCUT2D eigenvalue weighted by atomic mass is 19.1. The Morgan fingerprint density at radius 1 is 1.17 bits per heavy atom. The predicted octanol–water partition coefficient (Wildman–Crippen LogP) is 3.99. The highest BCUT2D eigenvalue weighted by molar-refractivity contribution is 6.09. The summed E-state index contributed by atoms with van der Waals surface area (Å²) in [5.41, 5.74) is 2.71. The Bertz CT molecular complexity index is 1100. The van der Waals surface area contributed by atoms with Crippen LogP contribution in [0.4, 0.5) is 10.1 Å². The van der Waals surface area contributed by atoms with Crippen LogP contribution in [0.25, 0.3) is 0 Å². The molecule has 0 radical (unpaired) electrons. The van der Waals surface area contributed by atoms with Crippen LogP contribution in [-0.4, -0.2) is 23.3 Å². The summed E-state index contributed by atoms with van der Waals surface area (Å²) in [4.78, 5) is 31.3. The molecule has 1 aliphatic heterocycles. The molecule has 1 aromatic heterocycles. The molecular formula is C23H20FN3O3. The van der Waals surface area contributed by atoms with Gasteiger partial charge in [0, 0.05) is 25.7 Å². The Kier molecular flexibility index (Phi) is 5.43. The van der Waals surface area contributed by atoms with Crippen molar-refractivity contribution in [2.45, 2.75) is 19.9 Å². The number of carbonyl (C=O) groups is 2. The minimum atomic E-state index is -0.323. The van der Waals surface area contributed by atoms with Gasteiger partial charge in [-0.3, -0.25) is 9.59 Å². The third-order valence-corrected chi connectivity index (χ3v) is 4.82. The number of anilines is 1. The normalized spacial score (nSPS) is 12.5. The number of amides is 2. The molecule has 0 saturated heterocycles. The maximum Gasteiger partial charge on any atom is 0.263 e. The predicted molar refractivity (Wildman–Crippen MR) is 110 cm³/mol. The number of ether oxygens (including phenoxy) is 1. The maximum atomic E-state index is 13.2. The summed E-state index contributed by atoms with van der Waals surface area (Å²) in [6.07, 6.45) is 1.68. The molecule has 0 unspecified atom stereocenters. The van der Waals surface area contributed by atoms with E-state index in [4.69, 9.17) is 4.74 Å². The molecule has 2 heterocycles. The quantitative estimate of drug-likeness (QED) is 0.697. The Hall–Kier alpha value is -3.74. The average molecular weight is 405 g/mol. The van der Waals surface area contributed by atoms with Crippen molar-refractivity contribution in [2.24, 2.45) is 0 Å². The summed E-state index contributed by atoms with van der Waals surface area (Å²) in [5, 5.41) is 2.80. The Morgan fingerprint density at radius 2 is 1.97 bits per heavy atom. The summed E-state index contributed by atoms with van der Waals surface area (Å²) >= 11 is 0. The number of rotatable bonds is 5. The molecule has 4 rings (SSSR count). The summed E-state index contributed by atoms with van der Waals surface area (Å²) in [5.74, 6) is -0.0450. The second kappa shape index (κ2) is 8.32. The Labute approximate surface area is 173 Å². The van der Waals surface area contributed by atoms with Crippen molar-refractivity contribution in [2.75, 3.05) is 11.4 Å². The lowest BCUT2D eigenvalue weighted by Crippen LogP contribution is -2.35. The molecular weight excluding hydrogens is 385 g/mol. The van der Waals surface area contributed by atoms with Crippen LogP contribution in [0.1, 0.15) is 27.9 Å². The molecule has 2 aromatic carbocycles. The zero-order valence-electron chi connectivity index (χ0n) is 16.4. The van der Waals surface area contributed by atoms with Crippen molar-refractivity contribution < 1.29 is 18.7 Å². The Morgan fingerprint density at radius 3 is 2.77 bits per heavy atom. The SMILES string of the molecule is Cc1ccc2c(c1)N(CCC(=O)NCc1ccc(F)cc1)C(=O)c1cccnc1O2. The molecule has 1 aliphatic rings. The van der Waals surface area contributed by atoms with Gasteiger partial charge in [-0.15, -0.1) is 0 Å². The third-order valence-electron chi connectivity index (χ3n) is 4.82. The van der Waals surface area contributed by atoms with Gasteiger partial charge in [-0.1, -0.05) is 18.2 Å². The third kappa shape index (κ3) is 4.15. The van der Waals surface area contributed by atoms with Gasteiger partial charge in [0.15, 0.2) is 5.75 Å². The molecule has 0 aliphatic carbocycles. The number of halogens is 1. The zero-order chi connectivity index (χ0) is 21.1. The van der Waals surface area contributed by atoms with Gasteiger partial charge in [-0.2, -0.15) is 0 Å². The van der Waals surface area contributed by atoms with Gasteiger partial charge >= 0.3 is 0 Å². The summed E-state index contributed by atoms with van der Waals surface area (Å²) < 4.78 is 18.9. The summed E-state index contributed by atoms with van der Waals surface area (Å²) in [6, 6.07) is 14.8. The molecule has 0 saturated carbocycles. The molecule has 30 heavy (non-hydrogen) atoms. The van der Waals surface area contributed by atoms with Crippen molar-refractivity contribution in [1.29, 1.82) is 0 Å². The van der Waals surface area contributed by atoms with Gasteiger partial charge in [0.05, 0.1) is 5.69 Å². The molecule has 1 N–H and O–H groups in total. The minimum absolute atomic E-state index is 0.107. The molecule has 0 fully saturated rings. The minimum Gasteiger partial charge on any atom is -0.436 e. The molecule has 0 bridgehead atoms.